The monoisotopic (exact) mass is 185 g/mol. The molecular formula is C12H11NO. The quantitative estimate of drug-likeness (QED) is 0.568. The maximum atomic E-state index is 5.76. The maximum absolute atomic E-state index is 5.76. The number of aliphatic imine (C=N–C) groups is 1. The van der Waals surface area contributed by atoms with Gasteiger partial charge >= 0.3 is 0 Å². The third-order valence-corrected chi connectivity index (χ3v) is 2.65. The van der Waals surface area contributed by atoms with Crippen molar-refractivity contribution in [3.05, 3.63) is 47.0 Å². The second-order valence-electron chi connectivity index (χ2n) is 3.65. The topological polar surface area (TPSA) is 21.6 Å². The minimum absolute atomic E-state index is 0.846. The van der Waals surface area contributed by atoms with Crippen LogP contribution in [0.3, 0.4) is 0 Å². The molecule has 0 bridgehead atoms. The van der Waals surface area contributed by atoms with Crippen molar-refractivity contribution < 1.29 is 4.74 Å². The number of hydrogen-bond donors (Lipinski definition) is 0. The molecule has 0 fully saturated rings. The lowest BCUT2D eigenvalue weighted by Gasteiger charge is -2.16. The van der Waals surface area contributed by atoms with Crippen LogP contribution in [0.4, 0.5) is 0 Å². The zero-order chi connectivity index (χ0) is 9.54. The van der Waals surface area contributed by atoms with E-state index >= 15 is 0 Å². The van der Waals surface area contributed by atoms with Crippen molar-refractivity contribution in [1.29, 1.82) is 0 Å². The molecule has 0 aromatic rings. The number of ether oxygens (including phenoxy) is 1. The number of allylic oxidation sites excluding steroid dienone is 7. The molecule has 0 saturated heterocycles. The largest absolute Gasteiger partial charge is 0.466 e. The van der Waals surface area contributed by atoms with Crippen LogP contribution in [0.2, 0.25) is 0 Å². The van der Waals surface area contributed by atoms with E-state index in [2.05, 4.69) is 23.2 Å². The van der Waals surface area contributed by atoms with Gasteiger partial charge in [-0.1, -0.05) is 12.2 Å². The van der Waals surface area contributed by atoms with Crippen LogP contribution in [0, 0.1) is 0 Å². The van der Waals surface area contributed by atoms with Gasteiger partial charge in [-0.25, -0.2) is 0 Å². The van der Waals surface area contributed by atoms with Gasteiger partial charge in [-0.05, 0) is 24.6 Å². The van der Waals surface area contributed by atoms with E-state index in [0.717, 1.165) is 30.2 Å². The Bertz CT molecular complexity index is 447. The number of hydrogen-bond acceptors (Lipinski definition) is 2. The Morgan fingerprint density at radius 2 is 2.21 bits per heavy atom. The Morgan fingerprint density at radius 1 is 1.29 bits per heavy atom. The van der Waals surface area contributed by atoms with E-state index < -0.39 is 0 Å². The first kappa shape index (κ1) is 7.80. The maximum Gasteiger partial charge on any atom is 0.115 e. The summed E-state index contributed by atoms with van der Waals surface area (Å²) in [5, 5.41) is 0. The Hall–Kier alpha value is -1.57. The van der Waals surface area contributed by atoms with Gasteiger partial charge < -0.3 is 4.74 Å². The molecule has 3 rings (SSSR count). The van der Waals surface area contributed by atoms with Crippen molar-refractivity contribution in [3.8, 4) is 0 Å². The van der Waals surface area contributed by atoms with Crippen molar-refractivity contribution >= 4 is 5.71 Å². The van der Waals surface area contributed by atoms with E-state index in [1.54, 1.807) is 0 Å². The summed E-state index contributed by atoms with van der Waals surface area (Å²) >= 11 is 0. The lowest BCUT2D eigenvalue weighted by molar-refractivity contribution is 0.291. The van der Waals surface area contributed by atoms with Crippen LogP contribution in [0.5, 0.6) is 0 Å². The predicted octanol–water partition coefficient (Wildman–Crippen LogP) is 2.52. The van der Waals surface area contributed by atoms with Gasteiger partial charge in [-0.3, -0.25) is 4.99 Å². The molecule has 0 amide bonds. The average molecular weight is 185 g/mol. The molecule has 0 spiro atoms. The highest BCUT2D eigenvalue weighted by Crippen LogP contribution is 2.33. The van der Waals surface area contributed by atoms with Gasteiger partial charge in [-0.2, -0.15) is 0 Å². The van der Waals surface area contributed by atoms with Gasteiger partial charge in [0.1, 0.15) is 11.5 Å². The first-order chi connectivity index (χ1) is 6.84. The zero-order valence-electron chi connectivity index (χ0n) is 8.08. The van der Waals surface area contributed by atoms with Crippen molar-refractivity contribution in [1.82, 2.24) is 0 Å². The van der Waals surface area contributed by atoms with Crippen LogP contribution in [-0.2, 0) is 4.74 Å². The van der Waals surface area contributed by atoms with Gasteiger partial charge in [0, 0.05) is 18.5 Å². The smallest absolute Gasteiger partial charge is 0.115 e. The van der Waals surface area contributed by atoms with Gasteiger partial charge in [0.2, 0.25) is 0 Å². The van der Waals surface area contributed by atoms with Crippen molar-refractivity contribution in [3.63, 3.8) is 0 Å². The summed E-state index contributed by atoms with van der Waals surface area (Å²) in [6.45, 7) is 2.83. The van der Waals surface area contributed by atoms with Gasteiger partial charge in [-0.15, -0.1) is 0 Å². The molecule has 3 aliphatic rings. The highest BCUT2D eigenvalue weighted by Gasteiger charge is 2.25. The second-order valence-corrected chi connectivity index (χ2v) is 3.65. The normalized spacial score (nSPS) is 23.4. The van der Waals surface area contributed by atoms with Crippen molar-refractivity contribution in [2.45, 2.75) is 13.3 Å². The minimum Gasteiger partial charge on any atom is -0.466 e. The molecule has 1 aliphatic carbocycles. The van der Waals surface area contributed by atoms with E-state index in [1.165, 1.54) is 11.1 Å². The van der Waals surface area contributed by atoms with Gasteiger partial charge in [0.05, 0.1) is 5.71 Å². The Morgan fingerprint density at radius 3 is 3.14 bits per heavy atom. The lowest BCUT2D eigenvalue weighted by Crippen LogP contribution is -2.09. The standard InChI is InChI=1S/C12H11NO/c1-8-2-3-9-4-5-10-12(9)11(14-8)6-7-13-10/h2-5H,6-7H2,1H3. The third kappa shape index (κ3) is 1.00. The summed E-state index contributed by atoms with van der Waals surface area (Å²) in [5.41, 5.74) is 3.51. The molecule has 2 nitrogen and oxygen atoms in total. The summed E-state index contributed by atoms with van der Waals surface area (Å²) in [4.78, 5) is 4.47. The Balaban J connectivity index is 2.21. The molecule has 0 radical (unpaired) electrons. The molecule has 0 saturated carbocycles. The number of dihydropyridines is 1. The van der Waals surface area contributed by atoms with Gasteiger partial charge in [0.25, 0.3) is 0 Å². The average Bonchev–Trinajstić information content (AvgIpc) is 2.51. The van der Waals surface area contributed by atoms with Crippen molar-refractivity contribution in [2.75, 3.05) is 6.54 Å². The van der Waals surface area contributed by atoms with Crippen LogP contribution in [0.15, 0.2) is 52.0 Å². The summed E-state index contributed by atoms with van der Waals surface area (Å²) in [6.07, 6.45) is 9.21. The van der Waals surface area contributed by atoms with Crippen LogP contribution < -0.4 is 0 Å². The zero-order valence-corrected chi connectivity index (χ0v) is 8.08. The fraction of sp³-hybridized carbons (Fsp3) is 0.250. The first-order valence-corrected chi connectivity index (χ1v) is 4.87. The molecule has 70 valence electrons. The predicted molar refractivity (Wildman–Crippen MR) is 56.0 cm³/mol. The number of rotatable bonds is 0. The van der Waals surface area contributed by atoms with E-state index in [-0.39, 0.29) is 0 Å². The molecule has 14 heavy (non-hydrogen) atoms. The van der Waals surface area contributed by atoms with E-state index in [9.17, 15) is 0 Å². The molecule has 2 heteroatoms. The van der Waals surface area contributed by atoms with Crippen LogP contribution >= 0.6 is 0 Å². The lowest BCUT2D eigenvalue weighted by atomic mass is 10.0. The Labute approximate surface area is 83.0 Å². The number of nitrogens with zero attached hydrogens (tertiary/aromatic N) is 1. The van der Waals surface area contributed by atoms with Crippen LogP contribution in [0.1, 0.15) is 13.3 Å². The third-order valence-electron chi connectivity index (χ3n) is 2.65. The van der Waals surface area contributed by atoms with Crippen LogP contribution in [0.25, 0.3) is 0 Å². The van der Waals surface area contributed by atoms with Gasteiger partial charge in [0.15, 0.2) is 0 Å². The summed E-state index contributed by atoms with van der Waals surface area (Å²) in [6, 6.07) is 0. The van der Waals surface area contributed by atoms with E-state index in [1.807, 2.05) is 13.0 Å². The fourth-order valence-electron chi connectivity index (χ4n) is 2.00. The minimum atomic E-state index is 0.846. The van der Waals surface area contributed by atoms with E-state index in [0.29, 0.717) is 0 Å². The highest BCUT2D eigenvalue weighted by molar-refractivity contribution is 6.16. The molecule has 0 N–H and O–H groups in total. The molecule has 0 aromatic heterocycles. The molecular weight excluding hydrogens is 174 g/mol. The van der Waals surface area contributed by atoms with Crippen molar-refractivity contribution in [2.24, 2.45) is 4.99 Å². The molecule has 2 aliphatic heterocycles. The second kappa shape index (κ2) is 2.71. The molecule has 0 unspecified atom stereocenters. The summed E-state index contributed by atoms with van der Waals surface area (Å²) in [5.74, 6) is 2.04. The summed E-state index contributed by atoms with van der Waals surface area (Å²) < 4.78 is 5.76. The van der Waals surface area contributed by atoms with Crippen LogP contribution in [-0.4, -0.2) is 12.3 Å². The summed E-state index contributed by atoms with van der Waals surface area (Å²) in [7, 11) is 0. The molecule has 2 heterocycles. The van der Waals surface area contributed by atoms with E-state index in [4.69, 9.17) is 4.74 Å². The SMILES string of the molecule is CC1=CC=C2C=CC3=NCCC(=C23)O1. The molecule has 0 atom stereocenters. The first-order valence-electron chi connectivity index (χ1n) is 4.87. The highest BCUT2D eigenvalue weighted by atomic mass is 16.5. The fourth-order valence-corrected chi connectivity index (χ4v) is 2.00. The Kier molecular flexibility index (Phi) is 1.51. The molecule has 0 aromatic carbocycles.